The van der Waals surface area contributed by atoms with Crippen LogP contribution in [-0.4, -0.2) is 22.1 Å². The molecule has 1 aliphatic carbocycles. The summed E-state index contributed by atoms with van der Waals surface area (Å²) in [6.07, 6.45) is 7.90. The van der Waals surface area contributed by atoms with Crippen molar-refractivity contribution in [1.82, 2.24) is 4.98 Å². The van der Waals surface area contributed by atoms with Gasteiger partial charge in [0.2, 0.25) is 0 Å². The average Bonchev–Trinajstić information content (AvgIpc) is 2.40. The summed E-state index contributed by atoms with van der Waals surface area (Å²) in [5.41, 5.74) is 1.19. The lowest BCUT2D eigenvalue weighted by molar-refractivity contribution is 0.0696. The normalized spacial score (nSPS) is 16.3. The first-order valence-electron chi connectivity index (χ1n) is 7.20. The van der Waals surface area contributed by atoms with Gasteiger partial charge in [0.1, 0.15) is 5.82 Å². The van der Waals surface area contributed by atoms with Gasteiger partial charge in [-0.2, -0.15) is 0 Å². The molecule has 4 nitrogen and oxygen atoms in total. The fraction of sp³-hybridized carbons (Fsp3) is 0.600. The number of hydrogen-bond acceptors (Lipinski definition) is 3. The number of aryl methyl sites for hydroxylation is 1. The quantitative estimate of drug-likeness (QED) is 0.852. The first-order chi connectivity index (χ1) is 9.19. The summed E-state index contributed by atoms with van der Waals surface area (Å²) in [4.78, 5) is 15.7. The van der Waals surface area contributed by atoms with Gasteiger partial charge in [-0.15, -0.1) is 0 Å². The summed E-state index contributed by atoms with van der Waals surface area (Å²) in [5.74, 6) is -0.165. The standard InChI is InChI=1S/C15H22N2O2/c1-2-6-13-9-11(15(18)19)10-14(17-13)16-12-7-4-3-5-8-12/h9-10,12H,2-8H2,1H3,(H,16,17)(H,18,19). The molecule has 0 unspecified atom stereocenters. The number of nitrogens with zero attached hydrogens (tertiary/aromatic N) is 1. The van der Waals surface area contributed by atoms with Crippen molar-refractivity contribution < 1.29 is 9.90 Å². The van der Waals surface area contributed by atoms with Crippen molar-refractivity contribution >= 4 is 11.8 Å². The average molecular weight is 262 g/mol. The maximum absolute atomic E-state index is 11.1. The van der Waals surface area contributed by atoms with Gasteiger partial charge in [-0.1, -0.05) is 32.6 Å². The lowest BCUT2D eigenvalue weighted by Crippen LogP contribution is -2.23. The molecule has 1 saturated carbocycles. The third-order valence-corrected chi connectivity index (χ3v) is 3.59. The number of pyridine rings is 1. The Hall–Kier alpha value is -1.58. The molecule has 1 heterocycles. The Labute approximate surface area is 114 Å². The molecule has 2 N–H and O–H groups in total. The number of rotatable bonds is 5. The summed E-state index contributed by atoms with van der Waals surface area (Å²) < 4.78 is 0. The predicted octanol–water partition coefficient (Wildman–Crippen LogP) is 3.48. The lowest BCUT2D eigenvalue weighted by Gasteiger charge is -2.23. The fourth-order valence-corrected chi connectivity index (χ4v) is 2.63. The van der Waals surface area contributed by atoms with E-state index in [2.05, 4.69) is 17.2 Å². The van der Waals surface area contributed by atoms with Crippen LogP contribution in [-0.2, 0) is 6.42 Å². The molecule has 0 atom stereocenters. The third-order valence-electron chi connectivity index (χ3n) is 3.59. The summed E-state index contributed by atoms with van der Waals surface area (Å²) in [5, 5.41) is 12.6. The largest absolute Gasteiger partial charge is 0.478 e. The summed E-state index contributed by atoms with van der Waals surface area (Å²) in [6.45, 7) is 2.07. The summed E-state index contributed by atoms with van der Waals surface area (Å²) >= 11 is 0. The van der Waals surface area contributed by atoms with Crippen LogP contribution in [0.3, 0.4) is 0 Å². The van der Waals surface area contributed by atoms with E-state index in [0.29, 0.717) is 11.6 Å². The molecule has 1 aliphatic rings. The van der Waals surface area contributed by atoms with E-state index in [1.54, 1.807) is 12.1 Å². The Morgan fingerprint density at radius 3 is 2.74 bits per heavy atom. The molecule has 104 valence electrons. The van der Waals surface area contributed by atoms with Gasteiger partial charge in [-0.3, -0.25) is 0 Å². The third kappa shape index (κ3) is 3.94. The Bertz CT molecular complexity index is 440. The molecule has 0 aliphatic heterocycles. The topological polar surface area (TPSA) is 62.2 Å². The van der Waals surface area contributed by atoms with Crippen LogP contribution in [0.1, 0.15) is 61.5 Å². The maximum Gasteiger partial charge on any atom is 0.335 e. The van der Waals surface area contributed by atoms with Crippen molar-refractivity contribution in [3.8, 4) is 0 Å². The van der Waals surface area contributed by atoms with Crippen molar-refractivity contribution in [3.05, 3.63) is 23.4 Å². The molecule has 0 bridgehead atoms. The Morgan fingerprint density at radius 2 is 2.11 bits per heavy atom. The first-order valence-corrected chi connectivity index (χ1v) is 7.20. The SMILES string of the molecule is CCCc1cc(C(=O)O)cc(NC2CCCCC2)n1. The van der Waals surface area contributed by atoms with E-state index in [9.17, 15) is 4.79 Å². The number of nitrogens with one attached hydrogen (secondary N) is 1. The molecule has 4 heteroatoms. The van der Waals surface area contributed by atoms with Crippen molar-refractivity contribution in [2.45, 2.75) is 57.9 Å². The zero-order chi connectivity index (χ0) is 13.7. The van der Waals surface area contributed by atoms with Gasteiger partial charge < -0.3 is 10.4 Å². The number of hydrogen-bond donors (Lipinski definition) is 2. The Balaban J connectivity index is 2.15. The second-order valence-electron chi connectivity index (χ2n) is 5.27. The highest BCUT2D eigenvalue weighted by atomic mass is 16.4. The molecule has 1 aromatic heterocycles. The van der Waals surface area contributed by atoms with Crippen LogP contribution >= 0.6 is 0 Å². The van der Waals surface area contributed by atoms with E-state index in [0.717, 1.165) is 37.2 Å². The Kier molecular flexibility index (Phi) is 4.77. The molecule has 0 radical (unpaired) electrons. The monoisotopic (exact) mass is 262 g/mol. The second-order valence-corrected chi connectivity index (χ2v) is 5.27. The molecule has 0 aromatic carbocycles. The molecule has 1 fully saturated rings. The van der Waals surface area contributed by atoms with Crippen LogP contribution in [0.2, 0.25) is 0 Å². The molecule has 0 amide bonds. The molecule has 2 rings (SSSR count). The van der Waals surface area contributed by atoms with Crippen LogP contribution in [0, 0.1) is 0 Å². The zero-order valence-corrected chi connectivity index (χ0v) is 11.5. The van der Waals surface area contributed by atoms with Crippen LogP contribution in [0.25, 0.3) is 0 Å². The lowest BCUT2D eigenvalue weighted by atomic mass is 9.95. The molecular formula is C15H22N2O2. The number of carboxylic acid groups (broad SMARTS) is 1. The fourth-order valence-electron chi connectivity index (χ4n) is 2.63. The molecule has 0 saturated heterocycles. The minimum absolute atomic E-state index is 0.330. The van der Waals surface area contributed by atoms with Gasteiger partial charge in [0.25, 0.3) is 0 Å². The smallest absolute Gasteiger partial charge is 0.335 e. The van der Waals surface area contributed by atoms with E-state index in [1.807, 2.05) is 0 Å². The second kappa shape index (κ2) is 6.55. The van der Waals surface area contributed by atoms with E-state index in [-0.39, 0.29) is 0 Å². The number of carbonyl (C=O) groups is 1. The van der Waals surface area contributed by atoms with Crippen LogP contribution < -0.4 is 5.32 Å². The van der Waals surface area contributed by atoms with Gasteiger partial charge in [-0.25, -0.2) is 9.78 Å². The highest BCUT2D eigenvalue weighted by Gasteiger charge is 2.15. The van der Waals surface area contributed by atoms with E-state index in [4.69, 9.17) is 5.11 Å². The van der Waals surface area contributed by atoms with Crippen LogP contribution in [0.4, 0.5) is 5.82 Å². The van der Waals surface area contributed by atoms with Crippen molar-refractivity contribution in [1.29, 1.82) is 0 Å². The summed E-state index contributed by atoms with van der Waals surface area (Å²) in [7, 11) is 0. The molecular weight excluding hydrogens is 240 g/mol. The van der Waals surface area contributed by atoms with Crippen molar-refractivity contribution in [2.75, 3.05) is 5.32 Å². The summed E-state index contributed by atoms with van der Waals surface area (Å²) in [6, 6.07) is 3.77. The van der Waals surface area contributed by atoms with Gasteiger partial charge >= 0.3 is 5.97 Å². The predicted molar refractivity (Wildman–Crippen MR) is 75.7 cm³/mol. The highest BCUT2D eigenvalue weighted by molar-refractivity contribution is 5.88. The van der Waals surface area contributed by atoms with E-state index >= 15 is 0 Å². The minimum Gasteiger partial charge on any atom is -0.478 e. The van der Waals surface area contributed by atoms with Gasteiger partial charge in [0, 0.05) is 11.7 Å². The Morgan fingerprint density at radius 1 is 1.37 bits per heavy atom. The molecule has 19 heavy (non-hydrogen) atoms. The number of carboxylic acids is 1. The maximum atomic E-state index is 11.1. The zero-order valence-electron chi connectivity index (χ0n) is 11.5. The minimum atomic E-state index is -0.883. The van der Waals surface area contributed by atoms with Crippen LogP contribution in [0.5, 0.6) is 0 Å². The number of anilines is 1. The van der Waals surface area contributed by atoms with Gasteiger partial charge in [-0.05, 0) is 31.4 Å². The molecule has 0 spiro atoms. The van der Waals surface area contributed by atoms with E-state index in [1.165, 1.54) is 19.3 Å². The van der Waals surface area contributed by atoms with E-state index < -0.39 is 5.97 Å². The van der Waals surface area contributed by atoms with Gasteiger partial charge in [0.15, 0.2) is 0 Å². The number of aromatic nitrogens is 1. The van der Waals surface area contributed by atoms with Crippen molar-refractivity contribution in [2.24, 2.45) is 0 Å². The van der Waals surface area contributed by atoms with Crippen LogP contribution in [0.15, 0.2) is 12.1 Å². The van der Waals surface area contributed by atoms with Gasteiger partial charge in [0.05, 0.1) is 5.56 Å². The molecule has 1 aromatic rings. The first kappa shape index (κ1) is 13.8. The highest BCUT2D eigenvalue weighted by Crippen LogP contribution is 2.22. The number of aromatic carboxylic acids is 1. The van der Waals surface area contributed by atoms with Crippen molar-refractivity contribution in [3.63, 3.8) is 0 Å².